The first kappa shape index (κ1) is 16.0. The maximum absolute atomic E-state index is 12.5. The summed E-state index contributed by atoms with van der Waals surface area (Å²) in [6.07, 6.45) is 0.303. The second-order valence-electron chi connectivity index (χ2n) is 5.15. The first-order valence-corrected chi connectivity index (χ1v) is 6.94. The van der Waals surface area contributed by atoms with Crippen molar-refractivity contribution < 1.29 is 17.7 Å². The molecule has 126 valence electrons. The molecule has 0 aliphatic heterocycles. The standard InChI is InChI=1S/C14H12F3N5O2/c1-9-7-18-22(8-9)5-4-21-3-2-10(6-11(21)23)12-19-13(24-20-12)14(15,16)17/h2-3,6-8H,4-5H2,1H3. The fourth-order valence-corrected chi connectivity index (χ4v) is 2.09. The average molecular weight is 339 g/mol. The zero-order chi connectivity index (χ0) is 17.3. The van der Waals surface area contributed by atoms with Crippen LogP contribution in [0, 0.1) is 6.92 Å². The smallest absolute Gasteiger partial charge is 0.329 e. The zero-order valence-electron chi connectivity index (χ0n) is 12.5. The van der Waals surface area contributed by atoms with Gasteiger partial charge in [-0.15, -0.1) is 0 Å². The van der Waals surface area contributed by atoms with Crippen LogP contribution in [0.25, 0.3) is 11.4 Å². The zero-order valence-corrected chi connectivity index (χ0v) is 12.5. The molecule has 10 heteroatoms. The van der Waals surface area contributed by atoms with Gasteiger partial charge in [0.2, 0.25) is 5.82 Å². The molecule has 0 amide bonds. The molecule has 3 heterocycles. The largest absolute Gasteiger partial charge is 0.471 e. The molecule has 3 aromatic heterocycles. The number of hydrogen-bond donors (Lipinski definition) is 0. The molecule has 0 aromatic carbocycles. The first-order valence-electron chi connectivity index (χ1n) is 6.94. The lowest BCUT2D eigenvalue weighted by atomic mass is 10.2. The quantitative estimate of drug-likeness (QED) is 0.727. The first-order chi connectivity index (χ1) is 11.3. The predicted molar refractivity (Wildman–Crippen MR) is 76.0 cm³/mol. The van der Waals surface area contributed by atoms with Gasteiger partial charge in [-0.1, -0.05) is 5.16 Å². The van der Waals surface area contributed by atoms with Crippen molar-refractivity contribution in [3.63, 3.8) is 0 Å². The number of aromatic nitrogens is 5. The molecule has 0 spiro atoms. The normalized spacial score (nSPS) is 11.8. The second-order valence-corrected chi connectivity index (χ2v) is 5.15. The maximum Gasteiger partial charge on any atom is 0.471 e. The minimum Gasteiger partial charge on any atom is -0.329 e. The highest BCUT2D eigenvalue weighted by Gasteiger charge is 2.38. The molecule has 0 aliphatic rings. The van der Waals surface area contributed by atoms with Gasteiger partial charge < -0.3 is 9.09 Å². The average Bonchev–Trinajstić information content (AvgIpc) is 3.14. The lowest BCUT2D eigenvalue weighted by Crippen LogP contribution is -2.21. The highest BCUT2D eigenvalue weighted by Crippen LogP contribution is 2.28. The third-order valence-electron chi connectivity index (χ3n) is 3.26. The highest BCUT2D eigenvalue weighted by molar-refractivity contribution is 5.52. The lowest BCUT2D eigenvalue weighted by molar-refractivity contribution is -0.159. The molecule has 0 unspecified atom stereocenters. The molecular formula is C14H12F3N5O2. The van der Waals surface area contributed by atoms with Gasteiger partial charge in [0.05, 0.1) is 12.7 Å². The molecule has 0 fully saturated rings. The Hall–Kier alpha value is -2.91. The van der Waals surface area contributed by atoms with Gasteiger partial charge in [0.25, 0.3) is 5.56 Å². The van der Waals surface area contributed by atoms with E-state index < -0.39 is 12.1 Å². The Morgan fingerprint density at radius 1 is 1.29 bits per heavy atom. The van der Waals surface area contributed by atoms with Gasteiger partial charge in [-0.25, -0.2) is 0 Å². The minimum absolute atomic E-state index is 0.158. The molecule has 0 atom stereocenters. The molecule has 7 nitrogen and oxygen atoms in total. The lowest BCUT2D eigenvalue weighted by Gasteiger charge is -2.06. The summed E-state index contributed by atoms with van der Waals surface area (Å²) < 4.78 is 44.6. The number of nitrogens with zero attached hydrogens (tertiary/aromatic N) is 5. The molecule has 0 saturated heterocycles. The van der Waals surface area contributed by atoms with Gasteiger partial charge in [-0.3, -0.25) is 9.48 Å². The third kappa shape index (κ3) is 3.36. The predicted octanol–water partition coefficient (Wildman–Crippen LogP) is 2.12. The Bertz CT molecular complexity index is 910. The van der Waals surface area contributed by atoms with Crippen LogP contribution in [0.3, 0.4) is 0 Å². The summed E-state index contributed by atoms with van der Waals surface area (Å²) in [5.74, 6) is -1.73. The van der Waals surface area contributed by atoms with Gasteiger partial charge in [0.1, 0.15) is 0 Å². The van der Waals surface area contributed by atoms with Crippen molar-refractivity contribution in [2.75, 3.05) is 0 Å². The molecular weight excluding hydrogens is 327 g/mol. The Kier molecular flexibility index (Phi) is 3.96. The molecule has 0 N–H and O–H groups in total. The van der Waals surface area contributed by atoms with Gasteiger partial charge >= 0.3 is 12.1 Å². The maximum atomic E-state index is 12.5. The number of alkyl halides is 3. The van der Waals surface area contributed by atoms with Crippen LogP contribution in [0.1, 0.15) is 11.5 Å². The van der Waals surface area contributed by atoms with E-state index >= 15 is 0 Å². The van der Waals surface area contributed by atoms with Crippen LogP contribution in [-0.2, 0) is 19.3 Å². The Morgan fingerprint density at radius 2 is 2.08 bits per heavy atom. The van der Waals surface area contributed by atoms with E-state index in [0.29, 0.717) is 13.1 Å². The molecule has 0 saturated carbocycles. The van der Waals surface area contributed by atoms with Crippen LogP contribution in [0.4, 0.5) is 13.2 Å². The van der Waals surface area contributed by atoms with Crippen molar-refractivity contribution in [3.05, 3.63) is 52.5 Å². The minimum atomic E-state index is -4.72. The third-order valence-corrected chi connectivity index (χ3v) is 3.26. The molecule has 24 heavy (non-hydrogen) atoms. The Morgan fingerprint density at radius 3 is 2.67 bits per heavy atom. The van der Waals surface area contributed by atoms with E-state index in [2.05, 4.69) is 19.8 Å². The van der Waals surface area contributed by atoms with Crippen molar-refractivity contribution in [2.24, 2.45) is 0 Å². The van der Waals surface area contributed by atoms with Crippen LogP contribution in [0.15, 0.2) is 40.0 Å². The van der Waals surface area contributed by atoms with Crippen LogP contribution in [0.2, 0.25) is 0 Å². The summed E-state index contributed by atoms with van der Waals surface area (Å²) >= 11 is 0. The van der Waals surface area contributed by atoms with Crippen LogP contribution in [-0.4, -0.2) is 24.5 Å². The van der Waals surface area contributed by atoms with E-state index in [9.17, 15) is 18.0 Å². The fourth-order valence-electron chi connectivity index (χ4n) is 2.09. The Balaban J connectivity index is 1.77. The molecule has 0 bridgehead atoms. The Labute approximate surface area is 133 Å². The summed E-state index contributed by atoms with van der Waals surface area (Å²) in [6, 6.07) is 2.63. The number of hydrogen-bond acceptors (Lipinski definition) is 5. The van der Waals surface area contributed by atoms with Crippen LogP contribution < -0.4 is 5.56 Å². The topological polar surface area (TPSA) is 78.7 Å². The molecule has 0 aliphatic carbocycles. The van der Waals surface area contributed by atoms with Gasteiger partial charge in [0.15, 0.2) is 0 Å². The van der Waals surface area contributed by atoms with Crippen molar-refractivity contribution in [1.82, 2.24) is 24.5 Å². The fraction of sp³-hybridized carbons (Fsp3) is 0.286. The van der Waals surface area contributed by atoms with Gasteiger partial charge in [-0.2, -0.15) is 23.3 Å². The number of pyridine rings is 1. The number of aryl methyl sites for hydroxylation is 3. The van der Waals surface area contributed by atoms with E-state index in [0.717, 1.165) is 5.56 Å². The SMILES string of the molecule is Cc1cnn(CCn2ccc(-c3noc(C(F)(F)F)n3)cc2=O)c1. The van der Waals surface area contributed by atoms with E-state index in [-0.39, 0.29) is 16.9 Å². The van der Waals surface area contributed by atoms with E-state index in [1.807, 2.05) is 13.1 Å². The van der Waals surface area contributed by atoms with Gasteiger partial charge in [0, 0.05) is 30.6 Å². The van der Waals surface area contributed by atoms with Crippen LogP contribution >= 0.6 is 0 Å². The molecule has 0 radical (unpaired) electrons. The molecule has 3 rings (SSSR count). The van der Waals surface area contributed by atoms with Crippen molar-refractivity contribution in [2.45, 2.75) is 26.2 Å². The summed E-state index contributed by atoms with van der Waals surface area (Å²) in [6.45, 7) is 2.78. The monoisotopic (exact) mass is 339 g/mol. The summed E-state index contributed by atoms with van der Waals surface area (Å²) in [5.41, 5.74) is 0.787. The van der Waals surface area contributed by atoms with Crippen molar-refractivity contribution in [1.29, 1.82) is 0 Å². The van der Waals surface area contributed by atoms with Crippen molar-refractivity contribution >= 4 is 0 Å². The van der Waals surface area contributed by atoms with E-state index in [1.165, 1.54) is 22.9 Å². The molecule has 3 aromatic rings. The van der Waals surface area contributed by atoms with Gasteiger partial charge in [-0.05, 0) is 18.6 Å². The highest BCUT2D eigenvalue weighted by atomic mass is 19.4. The number of rotatable bonds is 4. The second kappa shape index (κ2) is 5.95. The summed E-state index contributed by atoms with van der Waals surface area (Å²) in [7, 11) is 0. The summed E-state index contributed by atoms with van der Waals surface area (Å²) in [4.78, 5) is 15.3. The van der Waals surface area contributed by atoms with E-state index in [1.54, 1.807) is 10.9 Å². The van der Waals surface area contributed by atoms with Crippen molar-refractivity contribution in [3.8, 4) is 11.4 Å². The number of halogens is 3. The van der Waals surface area contributed by atoms with Crippen LogP contribution in [0.5, 0.6) is 0 Å². The summed E-state index contributed by atoms with van der Waals surface area (Å²) in [5, 5.41) is 7.37. The van der Waals surface area contributed by atoms with E-state index in [4.69, 9.17) is 0 Å².